The zero-order valence-corrected chi connectivity index (χ0v) is 10.00. The molecule has 0 saturated heterocycles. The smallest absolute Gasteiger partial charge is 0.257 e. The summed E-state index contributed by atoms with van der Waals surface area (Å²) in [5.41, 5.74) is 1.65. The first-order valence-electron chi connectivity index (χ1n) is 5.58. The Labute approximate surface area is 110 Å². The predicted molar refractivity (Wildman–Crippen MR) is 70.4 cm³/mol. The maximum Gasteiger partial charge on any atom is 0.257 e. The van der Waals surface area contributed by atoms with Gasteiger partial charge in [-0.05, 0) is 18.2 Å². The Morgan fingerprint density at radius 1 is 1.26 bits per heavy atom. The van der Waals surface area contributed by atoms with Gasteiger partial charge in [0.25, 0.3) is 5.91 Å². The van der Waals surface area contributed by atoms with Gasteiger partial charge in [0.15, 0.2) is 0 Å². The maximum absolute atomic E-state index is 12.0. The summed E-state index contributed by atoms with van der Waals surface area (Å²) in [5, 5.41) is 18.7. The fraction of sp³-hybridized carbons (Fsp3) is 0.0714. The molecule has 2 aromatic rings. The summed E-state index contributed by atoms with van der Waals surface area (Å²) >= 11 is 0. The summed E-state index contributed by atoms with van der Waals surface area (Å²) in [7, 11) is 0. The van der Waals surface area contributed by atoms with E-state index in [-0.39, 0.29) is 12.5 Å². The Hall–Kier alpha value is -2.71. The van der Waals surface area contributed by atoms with Gasteiger partial charge >= 0.3 is 0 Å². The molecule has 19 heavy (non-hydrogen) atoms. The molecule has 0 radical (unpaired) electrons. The molecule has 2 N–H and O–H groups in total. The van der Waals surface area contributed by atoms with E-state index in [4.69, 9.17) is 5.11 Å². The largest absolute Gasteiger partial charge is 0.384 e. The van der Waals surface area contributed by atoms with Crippen LogP contribution in [-0.4, -0.2) is 27.8 Å². The van der Waals surface area contributed by atoms with Gasteiger partial charge in [-0.15, -0.1) is 0 Å². The standard InChI is InChI=1S/C14H11N3O2/c18-9-3-5-11-4-1-2-6-13(11)17-14(19)12-7-8-15-16-10-12/h1-2,4,6-8,10,18H,9H2,(H,17,19). The molecule has 0 fully saturated rings. The number of hydrogen-bond donors (Lipinski definition) is 2. The van der Waals surface area contributed by atoms with Crippen LogP contribution >= 0.6 is 0 Å². The van der Waals surface area contributed by atoms with Crippen molar-refractivity contribution in [3.05, 3.63) is 53.9 Å². The van der Waals surface area contributed by atoms with E-state index in [1.54, 1.807) is 24.3 Å². The topological polar surface area (TPSA) is 75.1 Å². The van der Waals surface area contributed by atoms with Crippen LogP contribution in [0.5, 0.6) is 0 Å². The Morgan fingerprint density at radius 3 is 2.84 bits per heavy atom. The van der Waals surface area contributed by atoms with Gasteiger partial charge in [-0.2, -0.15) is 10.2 Å². The number of amides is 1. The number of carbonyl (C=O) groups is 1. The molecule has 2 rings (SSSR count). The molecule has 94 valence electrons. The summed E-state index contributed by atoms with van der Waals surface area (Å²) in [4.78, 5) is 12.0. The first-order chi connectivity index (χ1) is 9.31. The van der Waals surface area contributed by atoms with E-state index in [1.165, 1.54) is 12.4 Å². The number of aliphatic hydroxyl groups is 1. The van der Waals surface area contributed by atoms with E-state index in [2.05, 4.69) is 27.4 Å². The van der Waals surface area contributed by atoms with Crippen LogP contribution in [0.15, 0.2) is 42.7 Å². The summed E-state index contributed by atoms with van der Waals surface area (Å²) < 4.78 is 0. The van der Waals surface area contributed by atoms with E-state index in [9.17, 15) is 4.79 Å². The number of benzene rings is 1. The van der Waals surface area contributed by atoms with Crippen molar-refractivity contribution in [2.24, 2.45) is 0 Å². The van der Waals surface area contributed by atoms with Gasteiger partial charge in [0, 0.05) is 5.56 Å². The van der Waals surface area contributed by atoms with Crippen LogP contribution in [0.4, 0.5) is 5.69 Å². The number of para-hydroxylation sites is 1. The second-order valence-electron chi connectivity index (χ2n) is 3.59. The van der Waals surface area contributed by atoms with Crippen LogP contribution in [0, 0.1) is 11.8 Å². The van der Waals surface area contributed by atoms with Crippen molar-refractivity contribution in [3.8, 4) is 11.8 Å². The van der Waals surface area contributed by atoms with Crippen molar-refractivity contribution < 1.29 is 9.90 Å². The van der Waals surface area contributed by atoms with Crippen LogP contribution in [0.1, 0.15) is 15.9 Å². The Kier molecular flexibility index (Phi) is 4.21. The molecule has 0 spiro atoms. The van der Waals surface area contributed by atoms with E-state index < -0.39 is 0 Å². The molecule has 5 heteroatoms. The average Bonchev–Trinajstić information content (AvgIpc) is 2.47. The summed E-state index contributed by atoms with van der Waals surface area (Å²) in [6.07, 6.45) is 2.84. The molecule has 1 aromatic heterocycles. The van der Waals surface area contributed by atoms with Crippen LogP contribution < -0.4 is 5.32 Å². The monoisotopic (exact) mass is 253 g/mol. The fourth-order valence-corrected chi connectivity index (χ4v) is 1.46. The van der Waals surface area contributed by atoms with Gasteiger partial charge in [-0.25, -0.2) is 0 Å². The lowest BCUT2D eigenvalue weighted by atomic mass is 10.1. The van der Waals surface area contributed by atoms with E-state index in [1.807, 2.05) is 6.07 Å². The van der Waals surface area contributed by atoms with Crippen LogP contribution in [0.2, 0.25) is 0 Å². The number of aliphatic hydroxyl groups excluding tert-OH is 1. The van der Waals surface area contributed by atoms with E-state index in [0.29, 0.717) is 16.8 Å². The minimum Gasteiger partial charge on any atom is -0.384 e. The number of nitrogens with one attached hydrogen (secondary N) is 1. The summed E-state index contributed by atoms with van der Waals surface area (Å²) in [6, 6.07) is 8.69. The SMILES string of the molecule is O=C(Nc1ccccc1C#CCO)c1ccnnc1. The molecule has 0 aliphatic heterocycles. The lowest BCUT2D eigenvalue weighted by molar-refractivity contribution is 0.102. The zero-order valence-electron chi connectivity index (χ0n) is 10.00. The Bertz CT molecular complexity index is 630. The normalized spacial score (nSPS) is 9.32. The lowest BCUT2D eigenvalue weighted by Gasteiger charge is -2.06. The van der Waals surface area contributed by atoms with Crippen LogP contribution in [0.25, 0.3) is 0 Å². The highest BCUT2D eigenvalue weighted by atomic mass is 16.2. The molecule has 1 heterocycles. The Morgan fingerprint density at radius 2 is 2.11 bits per heavy atom. The average molecular weight is 253 g/mol. The molecule has 0 aliphatic rings. The third-order valence-corrected chi connectivity index (χ3v) is 2.32. The van der Waals surface area contributed by atoms with Crippen molar-refractivity contribution in [3.63, 3.8) is 0 Å². The van der Waals surface area contributed by atoms with E-state index in [0.717, 1.165) is 0 Å². The summed E-state index contributed by atoms with van der Waals surface area (Å²) in [5.74, 6) is 5.04. The number of aromatic nitrogens is 2. The van der Waals surface area contributed by atoms with Gasteiger partial charge in [-0.1, -0.05) is 24.0 Å². The highest BCUT2D eigenvalue weighted by Gasteiger charge is 2.07. The van der Waals surface area contributed by atoms with Crippen molar-refractivity contribution in [1.82, 2.24) is 10.2 Å². The fourth-order valence-electron chi connectivity index (χ4n) is 1.46. The molecule has 5 nitrogen and oxygen atoms in total. The van der Waals surface area contributed by atoms with Crippen molar-refractivity contribution in [1.29, 1.82) is 0 Å². The van der Waals surface area contributed by atoms with Gasteiger partial charge in [-0.3, -0.25) is 4.79 Å². The number of nitrogens with zero attached hydrogens (tertiary/aromatic N) is 2. The van der Waals surface area contributed by atoms with Crippen molar-refractivity contribution in [2.75, 3.05) is 11.9 Å². The highest BCUT2D eigenvalue weighted by Crippen LogP contribution is 2.14. The van der Waals surface area contributed by atoms with Gasteiger partial charge in [0.05, 0.1) is 23.6 Å². The van der Waals surface area contributed by atoms with Crippen molar-refractivity contribution >= 4 is 11.6 Å². The van der Waals surface area contributed by atoms with Crippen LogP contribution in [0.3, 0.4) is 0 Å². The quantitative estimate of drug-likeness (QED) is 0.785. The van der Waals surface area contributed by atoms with E-state index >= 15 is 0 Å². The second kappa shape index (κ2) is 6.28. The van der Waals surface area contributed by atoms with Crippen LogP contribution in [-0.2, 0) is 0 Å². The molecular weight excluding hydrogens is 242 g/mol. The first kappa shape index (κ1) is 12.7. The minimum absolute atomic E-state index is 0.226. The molecule has 0 saturated carbocycles. The third-order valence-electron chi connectivity index (χ3n) is 2.32. The zero-order chi connectivity index (χ0) is 13.5. The maximum atomic E-state index is 12.0. The highest BCUT2D eigenvalue weighted by molar-refractivity contribution is 6.04. The molecule has 0 atom stereocenters. The molecule has 0 bridgehead atoms. The Balaban J connectivity index is 2.22. The van der Waals surface area contributed by atoms with Gasteiger partial charge in [0.1, 0.15) is 6.61 Å². The number of carbonyl (C=O) groups excluding carboxylic acids is 1. The summed E-state index contributed by atoms with van der Waals surface area (Å²) in [6.45, 7) is -0.226. The molecule has 1 amide bonds. The second-order valence-corrected chi connectivity index (χ2v) is 3.59. The minimum atomic E-state index is -0.284. The third kappa shape index (κ3) is 3.37. The number of rotatable bonds is 2. The van der Waals surface area contributed by atoms with Gasteiger partial charge in [0.2, 0.25) is 0 Å². The predicted octanol–water partition coefficient (Wildman–Crippen LogP) is 1.07. The number of anilines is 1. The molecule has 0 unspecified atom stereocenters. The first-order valence-corrected chi connectivity index (χ1v) is 5.58. The molecule has 1 aromatic carbocycles. The van der Waals surface area contributed by atoms with Gasteiger partial charge < -0.3 is 10.4 Å². The number of hydrogen-bond acceptors (Lipinski definition) is 4. The lowest BCUT2D eigenvalue weighted by Crippen LogP contribution is -2.13. The molecule has 0 aliphatic carbocycles. The molecular formula is C14H11N3O2. The van der Waals surface area contributed by atoms with Crippen molar-refractivity contribution in [2.45, 2.75) is 0 Å².